The molecular weight excluding hydrogens is 172 g/mol. The molecule has 6 nitrogen and oxygen atoms in total. The van der Waals surface area contributed by atoms with E-state index in [1.54, 1.807) is 0 Å². The van der Waals surface area contributed by atoms with Gasteiger partial charge in [-0.1, -0.05) is 12.1 Å². The molecule has 3 N–H and O–H groups in total. The molecule has 0 aliphatic heterocycles. The molecule has 0 bridgehead atoms. The second kappa shape index (κ2) is 3.99. The highest BCUT2D eigenvalue weighted by atomic mass is 16.4. The number of nitrogens with zero attached hydrogens (tertiary/aromatic N) is 3. The van der Waals surface area contributed by atoms with Crippen LogP contribution in [0.3, 0.4) is 0 Å². The van der Waals surface area contributed by atoms with Gasteiger partial charge in [0.1, 0.15) is 0 Å². The highest BCUT2D eigenvalue weighted by Gasteiger charge is 2.16. The SMILES string of the molecule is CCc1c(C(=O)O)nnn1CCN. The first kappa shape index (κ1) is 9.66. The van der Waals surface area contributed by atoms with Gasteiger partial charge in [0.05, 0.1) is 12.2 Å². The number of carboxylic acid groups (broad SMARTS) is 1. The van der Waals surface area contributed by atoms with Crippen LogP contribution in [0.1, 0.15) is 23.1 Å². The molecule has 0 radical (unpaired) electrons. The maximum atomic E-state index is 10.7. The van der Waals surface area contributed by atoms with Crippen LogP contribution in [0.15, 0.2) is 0 Å². The van der Waals surface area contributed by atoms with Crippen LogP contribution in [0.4, 0.5) is 0 Å². The van der Waals surface area contributed by atoms with Gasteiger partial charge in [-0.05, 0) is 6.42 Å². The summed E-state index contributed by atoms with van der Waals surface area (Å²) in [6.45, 7) is 2.79. The van der Waals surface area contributed by atoms with Gasteiger partial charge >= 0.3 is 5.97 Å². The van der Waals surface area contributed by atoms with E-state index in [1.807, 2.05) is 6.92 Å². The highest BCUT2D eigenvalue weighted by Crippen LogP contribution is 2.05. The molecule has 1 aromatic heterocycles. The van der Waals surface area contributed by atoms with Crippen molar-refractivity contribution < 1.29 is 9.90 Å². The van der Waals surface area contributed by atoms with E-state index in [9.17, 15) is 4.79 Å². The Morgan fingerprint density at radius 2 is 2.38 bits per heavy atom. The summed E-state index contributed by atoms with van der Waals surface area (Å²) in [4.78, 5) is 10.7. The minimum atomic E-state index is -1.04. The Labute approximate surface area is 75.3 Å². The van der Waals surface area contributed by atoms with Gasteiger partial charge in [-0.3, -0.25) is 0 Å². The van der Waals surface area contributed by atoms with Crippen LogP contribution in [0.2, 0.25) is 0 Å². The van der Waals surface area contributed by atoms with Gasteiger partial charge in [-0.2, -0.15) is 0 Å². The first-order valence-electron chi connectivity index (χ1n) is 4.06. The first-order chi connectivity index (χ1) is 6.20. The van der Waals surface area contributed by atoms with Gasteiger partial charge in [0, 0.05) is 6.54 Å². The molecule has 0 aliphatic carbocycles. The molecule has 0 unspecified atom stereocenters. The molecular formula is C7H12N4O2. The number of hydrogen-bond donors (Lipinski definition) is 2. The lowest BCUT2D eigenvalue weighted by molar-refractivity contribution is 0.0689. The Hall–Kier alpha value is -1.43. The van der Waals surface area contributed by atoms with Crippen LogP contribution >= 0.6 is 0 Å². The molecule has 6 heteroatoms. The number of aromatic carboxylic acids is 1. The molecule has 0 amide bonds. The van der Waals surface area contributed by atoms with Crippen LogP contribution in [0.25, 0.3) is 0 Å². The van der Waals surface area contributed by atoms with E-state index >= 15 is 0 Å². The zero-order valence-corrected chi connectivity index (χ0v) is 7.40. The normalized spacial score (nSPS) is 10.3. The van der Waals surface area contributed by atoms with Crippen LogP contribution < -0.4 is 5.73 Å². The molecule has 0 saturated carbocycles. The van der Waals surface area contributed by atoms with Crippen molar-refractivity contribution in [3.63, 3.8) is 0 Å². The lowest BCUT2D eigenvalue weighted by atomic mass is 10.2. The van der Waals surface area contributed by atoms with Crippen molar-refractivity contribution in [2.45, 2.75) is 19.9 Å². The average Bonchev–Trinajstić information content (AvgIpc) is 2.48. The van der Waals surface area contributed by atoms with Gasteiger partial charge in [-0.15, -0.1) is 5.10 Å². The van der Waals surface area contributed by atoms with Gasteiger partial charge in [0.25, 0.3) is 0 Å². The third kappa shape index (κ3) is 1.83. The summed E-state index contributed by atoms with van der Waals surface area (Å²) in [6, 6.07) is 0. The van der Waals surface area contributed by atoms with Crippen molar-refractivity contribution in [3.05, 3.63) is 11.4 Å². The maximum Gasteiger partial charge on any atom is 0.358 e. The van der Waals surface area contributed by atoms with E-state index in [-0.39, 0.29) is 5.69 Å². The fraction of sp³-hybridized carbons (Fsp3) is 0.571. The van der Waals surface area contributed by atoms with E-state index < -0.39 is 5.97 Å². The van der Waals surface area contributed by atoms with Crippen LogP contribution in [0, 0.1) is 0 Å². The molecule has 0 atom stereocenters. The summed E-state index contributed by atoms with van der Waals surface area (Å²) in [6.07, 6.45) is 0.592. The summed E-state index contributed by atoms with van der Waals surface area (Å²) in [5.41, 5.74) is 5.98. The van der Waals surface area contributed by atoms with Crippen molar-refractivity contribution in [1.29, 1.82) is 0 Å². The van der Waals surface area contributed by atoms with Crippen LogP contribution in [-0.4, -0.2) is 32.6 Å². The average molecular weight is 184 g/mol. The number of carbonyl (C=O) groups is 1. The molecule has 1 heterocycles. The van der Waals surface area contributed by atoms with Crippen molar-refractivity contribution in [1.82, 2.24) is 15.0 Å². The van der Waals surface area contributed by atoms with Crippen LogP contribution in [0.5, 0.6) is 0 Å². The second-order valence-corrected chi connectivity index (χ2v) is 2.56. The topological polar surface area (TPSA) is 94.0 Å². The number of rotatable bonds is 4. The first-order valence-corrected chi connectivity index (χ1v) is 4.06. The van der Waals surface area contributed by atoms with Crippen LogP contribution in [-0.2, 0) is 13.0 Å². The van der Waals surface area contributed by atoms with E-state index in [1.165, 1.54) is 4.68 Å². The predicted molar refractivity (Wildman–Crippen MR) is 45.4 cm³/mol. The molecule has 1 aromatic rings. The minimum Gasteiger partial charge on any atom is -0.476 e. The summed E-state index contributed by atoms with van der Waals surface area (Å²) in [7, 11) is 0. The largest absolute Gasteiger partial charge is 0.476 e. The Morgan fingerprint density at radius 3 is 2.85 bits per heavy atom. The summed E-state index contributed by atoms with van der Waals surface area (Å²) >= 11 is 0. The Bertz CT molecular complexity index is 307. The summed E-state index contributed by atoms with van der Waals surface area (Å²) in [5, 5.41) is 16.0. The van der Waals surface area contributed by atoms with E-state index in [0.717, 1.165) is 0 Å². The van der Waals surface area contributed by atoms with E-state index in [2.05, 4.69) is 10.3 Å². The standard InChI is InChI=1S/C7H12N4O2/c1-2-5-6(7(12)13)9-10-11(5)4-3-8/h2-4,8H2,1H3,(H,12,13). The lowest BCUT2D eigenvalue weighted by Gasteiger charge is -2.01. The fourth-order valence-electron chi connectivity index (χ4n) is 1.15. The predicted octanol–water partition coefficient (Wildman–Crippen LogP) is -0.503. The quantitative estimate of drug-likeness (QED) is 0.657. The molecule has 0 fully saturated rings. The molecule has 1 rings (SSSR count). The van der Waals surface area contributed by atoms with Crippen molar-refractivity contribution in [2.75, 3.05) is 6.54 Å². The van der Waals surface area contributed by atoms with E-state index in [4.69, 9.17) is 10.8 Å². The summed E-state index contributed by atoms with van der Waals surface area (Å²) in [5.74, 6) is -1.04. The van der Waals surface area contributed by atoms with Crippen molar-refractivity contribution in [2.24, 2.45) is 5.73 Å². The van der Waals surface area contributed by atoms with Crippen molar-refractivity contribution in [3.8, 4) is 0 Å². The zero-order chi connectivity index (χ0) is 9.84. The third-order valence-corrected chi connectivity index (χ3v) is 1.72. The van der Waals surface area contributed by atoms with Gasteiger partial charge < -0.3 is 10.8 Å². The fourth-order valence-corrected chi connectivity index (χ4v) is 1.15. The van der Waals surface area contributed by atoms with Gasteiger partial charge in [-0.25, -0.2) is 9.48 Å². The number of carboxylic acids is 1. The molecule has 0 aromatic carbocycles. The monoisotopic (exact) mass is 184 g/mol. The third-order valence-electron chi connectivity index (χ3n) is 1.72. The molecule has 0 saturated heterocycles. The Kier molecular flexibility index (Phi) is 2.97. The van der Waals surface area contributed by atoms with Gasteiger partial charge in [0.2, 0.25) is 0 Å². The maximum absolute atomic E-state index is 10.7. The number of aromatic nitrogens is 3. The summed E-state index contributed by atoms with van der Waals surface area (Å²) < 4.78 is 1.53. The zero-order valence-electron chi connectivity index (χ0n) is 7.40. The highest BCUT2D eigenvalue weighted by molar-refractivity contribution is 5.86. The molecule has 0 aliphatic rings. The molecule has 72 valence electrons. The number of hydrogen-bond acceptors (Lipinski definition) is 4. The Morgan fingerprint density at radius 1 is 1.69 bits per heavy atom. The molecule has 0 spiro atoms. The van der Waals surface area contributed by atoms with Crippen molar-refractivity contribution >= 4 is 5.97 Å². The second-order valence-electron chi connectivity index (χ2n) is 2.56. The minimum absolute atomic E-state index is 0.0240. The van der Waals surface area contributed by atoms with Gasteiger partial charge in [0.15, 0.2) is 5.69 Å². The smallest absolute Gasteiger partial charge is 0.358 e. The molecule has 13 heavy (non-hydrogen) atoms. The van der Waals surface area contributed by atoms with E-state index in [0.29, 0.717) is 25.2 Å². The Balaban J connectivity index is 3.03. The lowest BCUT2D eigenvalue weighted by Crippen LogP contribution is -2.14. The number of nitrogens with two attached hydrogens (primary N) is 1.